The molecule has 0 bridgehead atoms. The number of anilines is 2. The molecular weight excluding hydrogens is 376 g/mol. The highest BCUT2D eigenvalue weighted by Gasteiger charge is 2.13. The van der Waals surface area contributed by atoms with Crippen molar-refractivity contribution in [2.75, 3.05) is 17.2 Å². The summed E-state index contributed by atoms with van der Waals surface area (Å²) in [6.07, 6.45) is 0. The quantitative estimate of drug-likeness (QED) is 0.600. The van der Waals surface area contributed by atoms with Crippen LogP contribution in [-0.2, 0) is 0 Å². The number of rotatable bonds is 6. The highest BCUT2D eigenvalue weighted by Crippen LogP contribution is 2.24. The number of benzene rings is 3. The molecule has 0 heterocycles. The van der Waals surface area contributed by atoms with Crippen molar-refractivity contribution in [2.24, 2.45) is 0 Å². The molecule has 142 valence electrons. The van der Waals surface area contributed by atoms with Crippen molar-refractivity contribution in [2.45, 2.75) is 6.92 Å². The van der Waals surface area contributed by atoms with Crippen molar-refractivity contribution < 1.29 is 14.3 Å². The van der Waals surface area contributed by atoms with Gasteiger partial charge in [-0.05, 0) is 55.5 Å². The fourth-order valence-corrected chi connectivity index (χ4v) is 2.81. The number of carbonyl (C=O) groups is 2. The SMILES string of the molecule is CCOc1ccccc1NC(=O)c1cccc(C(=O)Nc2cccc(Cl)c2)c1. The van der Waals surface area contributed by atoms with Gasteiger partial charge in [0.25, 0.3) is 11.8 Å². The number of hydrogen-bond acceptors (Lipinski definition) is 3. The van der Waals surface area contributed by atoms with Gasteiger partial charge in [0.2, 0.25) is 0 Å². The Morgan fingerprint density at radius 2 is 1.54 bits per heavy atom. The van der Waals surface area contributed by atoms with E-state index in [4.69, 9.17) is 16.3 Å². The van der Waals surface area contributed by atoms with Crippen LogP contribution in [0.15, 0.2) is 72.8 Å². The molecule has 3 rings (SSSR count). The fourth-order valence-electron chi connectivity index (χ4n) is 2.62. The highest BCUT2D eigenvalue weighted by atomic mass is 35.5. The van der Waals surface area contributed by atoms with Crippen LogP contribution in [0.5, 0.6) is 5.75 Å². The number of para-hydroxylation sites is 2. The van der Waals surface area contributed by atoms with E-state index in [-0.39, 0.29) is 11.8 Å². The van der Waals surface area contributed by atoms with E-state index in [1.165, 1.54) is 0 Å². The van der Waals surface area contributed by atoms with Gasteiger partial charge in [0, 0.05) is 21.8 Å². The smallest absolute Gasteiger partial charge is 0.255 e. The van der Waals surface area contributed by atoms with Gasteiger partial charge in [-0.15, -0.1) is 0 Å². The van der Waals surface area contributed by atoms with Crippen LogP contribution in [0.25, 0.3) is 0 Å². The van der Waals surface area contributed by atoms with Gasteiger partial charge in [-0.25, -0.2) is 0 Å². The second kappa shape index (κ2) is 9.06. The summed E-state index contributed by atoms with van der Waals surface area (Å²) >= 11 is 5.94. The number of ether oxygens (including phenoxy) is 1. The van der Waals surface area contributed by atoms with Crippen LogP contribution in [0.1, 0.15) is 27.6 Å². The Balaban J connectivity index is 1.75. The summed E-state index contributed by atoms with van der Waals surface area (Å²) in [5, 5.41) is 6.11. The number of amides is 2. The molecular formula is C22H19ClN2O3. The molecule has 0 aliphatic carbocycles. The lowest BCUT2D eigenvalue weighted by Crippen LogP contribution is -2.16. The summed E-state index contributed by atoms with van der Waals surface area (Å²) in [6, 6.07) is 20.6. The average Bonchev–Trinajstić information content (AvgIpc) is 2.70. The predicted molar refractivity (Wildman–Crippen MR) is 111 cm³/mol. The number of hydrogen-bond donors (Lipinski definition) is 2. The van der Waals surface area contributed by atoms with E-state index in [1.807, 2.05) is 19.1 Å². The van der Waals surface area contributed by atoms with E-state index in [0.717, 1.165) is 0 Å². The maximum absolute atomic E-state index is 12.6. The third-order valence-corrected chi connectivity index (χ3v) is 4.14. The van der Waals surface area contributed by atoms with Crippen LogP contribution in [0, 0.1) is 0 Å². The molecule has 0 unspecified atom stereocenters. The first-order chi connectivity index (χ1) is 13.6. The molecule has 28 heavy (non-hydrogen) atoms. The van der Waals surface area contributed by atoms with Gasteiger partial charge in [-0.3, -0.25) is 9.59 Å². The van der Waals surface area contributed by atoms with Gasteiger partial charge in [0.1, 0.15) is 5.75 Å². The van der Waals surface area contributed by atoms with Crippen molar-refractivity contribution >= 4 is 34.8 Å². The van der Waals surface area contributed by atoms with Gasteiger partial charge in [-0.1, -0.05) is 35.9 Å². The average molecular weight is 395 g/mol. The van der Waals surface area contributed by atoms with E-state index in [2.05, 4.69) is 10.6 Å². The maximum atomic E-state index is 12.6. The summed E-state index contributed by atoms with van der Waals surface area (Å²) in [7, 11) is 0. The van der Waals surface area contributed by atoms with Crippen LogP contribution in [0.4, 0.5) is 11.4 Å². The summed E-state index contributed by atoms with van der Waals surface area (Å²) in [5.41, 5.74) is 1.89. The molecule has 0 radical (unpaired) electrons. The first-order valence-electron chi connectivity index (χ1n) is 8.77. The van der Waals surface area contributed by atoms with Crippen molar-refractivity contribution in [3.8, 4) is 5.75 Å². The molecule has 2 N–H and O–H groups in total. The molecule has 2 amide bonds. The molecule has 0 fully saturated rings. The van der Waals surface area contributed by atoms with E-state index in [1.54, 1.807) is 60.7 Å². The zero-order valence-electron chi connectivity index (χ0n) is 15.2. The first-order valence-corrected chi connectivity index (χ1v) is 9.15. The molecule has 0 aromatic heterocycles. The Labute approximate surface area is 168 Å². The Morgan fingerprint density at radius 3 is 2.25 bits per heavy atom. The van der Waals surface area contributed by atoms with Crippen molar-refractivity contribution in [1.82, 2.24) is 0 Å². The van der Waals surface area contributed by atoms with Gasteiger partial charge in [0.05, 0.1) is 12.3 Å². The summed E-state index contributed by atoms with van der Waals surface area (Å²) in [6.45, 7) is 2.37. The molecule has 0 saturated carbocycles. The van der Waals surface area contributed by atoms with Crippen LogP contribution in [0.3, 0.4) is 0 Å². The van der Waals surface area contributed by atoms with E-state index in [0.29, 0.717) is 39.9 Å². The lowest BCUT2D eigenvalue weighted by molar-refractivity contribution is 0.102. The lowest BCUT2D eigenvalue weighted by atomic mass is 10.1. The molecule has 0 aliphatic heterocycles. The van der Waals surface area contributed by atoms with Crippen LogP contribution < -0.4 is 15.4 Å². The number of nitrogens with one attached hydrogen (secondary N) is 2. The number of halogens is 1. The van der Waals surface area contributed by atoms with Crippen molar-refractivity contribution in [1.29, 1.82) is 0 Å². The van der Waals surface area contributed by atoms with Gasteiger partial charge in [0.15, 0.2) is 0 Å². The van der Waals surface area contributed by atoms with Gasteiger partial charge < -0.3 is 15.4 Å². The lowest BCUT2D eigenvalue weighted by Gasteiger charge is -2.12. The van der Waals surface area contributed by atoms with E-state index >= 15 is 0 Å². The second-order valence-corrected chi connectivity index (χ2v) is 6.37. The molecule has 0 aliphatic rings. The summed E-state index contributed by atoms with van der Waals surface area (Å²) < 4.78 is 5.52. The van der Waals surface area contributed by atoms with E-state index in [9.17, 15) is 9.59 Å². The van der Waals surface area contributed by atoms with Gasteiger partial charge in [-0.2, -0.15) is 0 Å². The number of carbonyl (C=O) groups excluding carboxylic acids is 2. The zero-order chi connectivity index (χ0) is 19.9. The van der Waals surface area contributed by atoms with Crippen molar-refractivity contribution in [3.05, 3.63) is 88.9 Å². The Hall–Kier alpha value is -3.31. The third kappa shape index (κ3) is 4.90. The molecule has 0 saturated heterocycles. The zero-order valence-corrected chi connectivity index (χ0v) is 16.0. The van der Waals surface area contributed by atoms with Crippen LogP contribution >= 0.6 is 11.6 Å². The van der Waals surface area contributed by atoms with Gasteiger partial charge >= 0.3 is 0 Å². The largest absolute Gasteiger partial charge is 0.492 e. The minimum atomic E-state index is -0.329. The summed E-state index contributed by atoms with van der Waals surface area (Å²) in [4.78, 5) is 25.1. The Bertz CT molecular complexity index is 1000. The minimum Gasteiger partial charge on any atom is -0.492 e. The second-order valence-electron chi connectivity index (χ2n) is 5.93. The predicted octanol–water partition coefficient (Wildman–Crippen LogP) is 5.24. The topological polar surface area (TPSA) is 67.4 Å². The third-order valence-electron chi connectivity index (χ3n) is 3.90. The fraction of sp³-hybridized carbons (Fsp3) is 0.0909. The normalized spacial score (nSPS) is 10.2. The molecule has 3 aromatic carbocycles. The molecule has 0 atom stereocenters. The summed E-state index contributed by atoms with van der Waals surface area (Å²) in [5.74, 6) is -0.0654. The first kappa shape index (κ1) is 19.5. The maximum Gasteiger partial charge on any atom is 0.255 e. The van der Waals surface area contributed by atoms with Crippen LogP contribution in [-0.4, -0.2) is 18.4 Å². The van der Waals surface area contributed by atoms with E-state index < -0.39 is 0 Å². The molecule has 6 heteroatoms. The van der Waals surface area contributed by atoms with Crippen LogP contribution in [0.2, 0.25) is 5.02 Å². The highest BCUT2D eigenvalue weighted by molar-refractivity contribution is 6.31. The molecule has 5 nitrogen and oxygen atoms in total. The monoisotopic (exact) mass is 394 g/mol. The molecule has 0 spiro atoms. The van der Waals surface area contributed by atoms with Crippen molar-refractivity contribution in [3.63, 3.8) is 0 Å². The minimum absolute atomic E-state index is 0.327. The standard InChI is InChI=1S/C22H19ClN2O3/c1-2-28-20-12-4-3-11-19(20)25-22(27)16-8-5-7-15(13-16)21(26)24-18-10-6-9-17(23)14-18/h3-14H,2H2,1H3,(H,24,26)(H,25,27). The molecule has 3 aromatic rings. The Morgan fingerprint density at radius 1 is 0.857 bits per heavy atom. The Kier molecular flexibility index (Phi) is 6.29.